The maximum atomic E-state index is 13.2. The van der Waals surface area contributed by atoms with Crippen LogP contribution in [0.25, 0.3) is 0 Å². The summed E-state index contributed by atoms with van der Waals surface area (Å²) in [5, 5.41) is 6.60. The highest BCUT2D eigenvalue weighted by Crippen LogP contribution is 2.03. The maximum absolute atomic E-state index is 13.2. The van der Waals surface area contributed by atoms with Crippen LogP contribution in [0.4, 0.5) is 4.39 Å². The van der Waals surface area contributed by atoms with Crippen LogP contribution in [0.2, 0.25) is 0 Å². The minimum Gasteiger partial charge on any atom is -0.357 e. The number of aliphatic imine (C=N–C) groups is 1. The fourth-order valence-electron chi connectivity index (χ4n) is 2.99. The topological polar surface area (TPSA) is 42.9 Å². The van der Waals surface area contributed by atoms with Gasteiger partial charge in [0.2, 0.25) is 0 Å². The molecule has 0 atom stereocenters. The number of likely N-dealkylation sites (N-methyl/N-ethyl adjacent to an activating group) is 1. The normalized spacial score (nSPS) is 16.8. The number of nitrogens with one attached hydrogen (secondary N) is 2. The molecule has 0 bridgehead atoms. The molecule has 1 aromatic rings. The van der Waals surface area contributed by atoms with E-state index in [4.69, 9.17) is 0 Å². The number of halogens is 1. The van der Waals surface area contributed by atoms with Crippen LogP contribution in [0.1, 0.15) is 19.4 Å². The van der Waals surface area contributed by atoms with Gasteiger partial charge in [0.25, 0.3) is 0 Å². The third-order valence-corrected chi connectivity index (χ3v) is 4.54. The Kier molecular flexibility index (Phi) is 8.69. The average molecular weight is 349 g/mol. The van der Waals surface area contributed by atoms with E-state index >= 15 is 0 Å². The number of hydrogen-bond donors (Lipinski definition) is 2. The Morgan fingerprint density at radius 3 is 2.56 bits per heavy atom. The van der Waals surface area contributed by atoms with Gasteiger partial charge in [0, 0.05) is 45.8 Å². The minimum atomic E-state index is -0.179. The van der Waals surface area contributed by atoms with E-state index in [1.807, 2.05) is 6.07 Å². The van der Waals surface area contributed by atoms with Crippen LogP contribution in [0.3, 0.4) is 0 Å². The van der Waals surface area contributed by atoms with Gasteiger partial charge in [-0.2, -0.15) is 0 Å². The molecule has 0 radical (unpaired) electrons. The van der Waals surface area contributed by atoms with Crippen LogP contribution in [0.5, 0.6) is 0 Å². The predicted octanol–water partition coefficient (Wildman–Crippen LogP) is 1.56. The highest BCUT2D eigenvalue weighted by atomic mass is 19.1. The summed E-state index contributed by atoms with van der Waals surface area (Å²) in [5.74, 6) is 0.660. The summed E-state index contributed by atoms with van der Waals surface area (Å²) >= 11 is 0. The quantitative estimate of drug-likeness (QED) is 0.552. The van der Waals surface area contributed by atoms with Gasteiger partial charge >= 0.3 is 0 Å². The zero-order valence-corrected chi connectivity index (χ0v) is 15.6. The van der Waals surface area contributed by atoms with E-state index in [1.165, 1.54) is 6.07 Å². The number of hydrogen-bond acceptors (Lipinski definition) is 3. The number of piperazine rings is 1. The SMILES string of the molecule is CCNC(=NCCN1CCN(CC)CC1)NCCc1cccc(F)c1. The van der Waals surface area contributed by atoms with Crippen LogP contribution in [-0.2, 0) is 6.42 Å². The summed E-state index contributed by atoms with van der Waals surface area (Å²) < 4.78 is 13.2. The largest absolute Gasteiger partial charge is 0.357 e. The molecule has 0 aromatic heterocycles. The molecule has 0 spiro atoms. The molecule has 2 N–H and O–H groups in total. The fraction of sp³-hybridized carbons (Fsp3) is 0.632. The molecule has 0 amide bonds. The van der Waals surface area contributed by atoms with Gasteiger partial charge < -0.3 is 15.5 Å². The van der Waals surface area contributed by atoms with Crippen molar-refractivity contribution < 1.29 is 4.39 Å². The van der Waals surface area contributed by atoms with Crippen molar-refractivity contribution in [2.45, 2.75) is 20.3 Å². The third-order valence-electron chi connectivity index (χ3n) is 4.54. The summed E-state index contributed by atoms with van der Waals surface area (Å²) in [6.07, 6.45) is 0.779. The molecular weight excluding hydrogens is 317 g/mol. The van der Waals surface area contributed by atoms with Gasteiger partial charge in [0.05, 0.1) is 6.54 Å². The van der Waals surface area contributed by atoms with Crippen molar-refractivity contribution in [3.05, 3.63) is 35.6 Å². The first-order chi connectivity index (χ1) is 12.2. The van der Waals surface area contributed by atoms with Crippen molar-refractivity contribution in [3.63, 3.8) is 0 Å². The average Bonchev–Trinajstić information content (AvgIpc) is 2.62. The number of nitrogens with zero attached hydrogens (tertiary/aromatic N) is 3. The highest BCUT2D eigenvalue weighted by Gasteiger charge is 2.14. The molecule has 1 aliphatic heterocycles. The molecule has 0 aliphatic carbocycles. The van der Waals surface area contributed by atoms with E-state index < -0.39 is 0 Å². The lowest BCUT2D eigenvalue weighted by Crippen LogP contribution is -2.47. The van der Waals surface area contributed by atoms with E-state index in [2.05, 4.69) is 39.3 Å². The van der Waals surface area contributed by atoms with Crippen molar-refractivity contribution in [1.29, 1.82) is 0 Å². The lowest BCUT2D eigenvalue weighted by Gasteiger charge is -2.33. The molecule has 6 heteroatoms. The van der Waals surface area contributed by atoms with E-state index in [0.29, 0.717) is 0 Å². The van der Waals surface area contributed by atoms with Crippen molar-refractivity contribution >= 4 is 5.96 Å². The van der Waals surface area contributed by atoms with Gasteiger partial charge in [-0.1, -0.05) is 19.1 Å². The molecule has 140 valence electrons. The fourth-order valence-corrected chi connectivity index (χ4v) is 2.99. The van der Waals surface area contributed by atoms with E-state index in [1.54, 1.807) is 12.1 Å². The van der Waals surface area contributed by atoms with E-state index in [0.717, 1.165) is 76.8 Å². The van der Waals surface area contributed by atoms with Crippen LogP contribution >= 0.6 is 0 Å². The van der Waals surface area contributed by atoms with Crippen LogP contribution in [0, 0.1) is 5.82 Å². The number of benzene rings is 1. The smallest absolute Gasteiger partial charge is 0.191 e. The Morgan fingerprint density at radius 2 is 1.88 bits per heavy atom. The van der Waals surface area contributed by atoms with Crippen molar-refractivity contribution in [1.82, 2.24) is 20.4 Å². The standard InChI is InChI=1S/C19H32FN5/c1-3-21-19(22-9-8-17-6-5-7-18(20)16-17)23-10-11-25-14-12-24(4-2)13-15-25/h5-7,16H,3-4,8-15H2,1-2H3,(H2,21,22,23). The Balaban J connectivity index is 1.70. The zero-order chi connectivity index (χ0) is 17.9. The third kappa shape index (κ3) is 7.40. The van der Waals surface area contributed by atoms with Gasteiger partial charge in [-0.3, -0.25) is 9.89 Å². The second-order valence-electron chi connectivity index (χ2n) is 6.34. The molecule has 1 saturated heterocycles. The first kappa shape index (κ1) is 19.7. The van der Waals surface area contributed by atoms with Gasteiger partial charge in [0.15, 0.2) is 5.96 Å². The maximum Gasteiger partial charge on any atom is 0.191 e. The highest BCUT2D eigenvalue weighted by molar-refractivity contribution is 5.79. The molecule has 1 heterocycles. The lowest BCUT2D eigenvalue weighted by atomic mass is 10.1. The Hall–Kier alpha value is -1.66. The van der Waals surface area contributed by atoms with Gasteiger partial charge in [-0.15, -0.1) is 0 Å². The summed E-state index contributed by atoms with van der Waals surface area (Å²) in [5.41, 5.74) is 0.997. The van der Waals surface area contributed by atoms with E-state index in [9.17, 15) is 4.39 Å². The molecule has 1 fully saturated rings. The first-order valence-electron chi connectivity index (χ1n) is 9.42. The summed E-state index contributed by atoms with van der Waals surface area (Å²) in [6.45, 7) is 13.4. The molecule has 2 rings (SSSR count). The molecule has 1 aromatic carbocycles. The summed E-state index contributed by atoms with van der Waals surface area (Å²) in [7, 11) is 0. The van der Waals surface area contributed by atoms with Crippen LogP contribution < -0.4 is 10.6 Å². The number of rotatable bonds is 8. The van der Waals surface area contributed by atoms with Crippen molar-refractivity contribution in [2.75, 3.05) is 58.9 Å². The molecule has 0 saturated carbocycles. The van der Waals surface area contributed by atoms with Crippen LogP contribution in [-0.4, -0.2) is 74.7 Å². The second kappa shape index (κ2) is 11.1. The van der Waals surface area contributed by atoms with Crippen molar-refractivity contribution in [2.24, 2.45) is 4.99 Å². The Bertz CT molecular complexity index is 526. The Labute approximate surface area is 151 Å². The minimum absolute atomic E-state index is 0.179. The molecule has 25 heavy (non-hydrogen) atoms. The monoisotopic (exact) mass is 349 g/mol. The lowest BCUT2D eigenvalue weighted by molar-refractivity contribution is 0.140. The molecule has 1 aliphatic rings. The zero-order valence-electron chi connectivity index (χ0n) is 15.6. The Morgan fingerprint density at radius 1 is 1.12 bits per heavy atom. The molecule has 5 nitrogen and oxygen atoms in total. The van der Waals surface area contributed by atoms with Crippen LogP contribution in [0.15, 0.2) is 29.3 Å². The summed E-state index contributed by atoms with van der Waals surface area (Å²) in [6, 6.07) is 6.76. The first-order valence-corrected chi connectivity index (χ1v) is 9.42. The second-order valence-corrected chi connectivity index (χ2v) is 6.34. The number of guanidine groups is 1. The molecular formula is C19H32FN5. The van der Waals surface area contributed by atoms with Gasteiger partial charge in [0.1, 0.15) is 5.82 Å². The van der Waals surface area contributed by atoms with Gasteiger partial charge in [-0.05, 0) is 37.6 Å². The predicted molar refractivity (Wildman–Crippen MR) is 103 cm³/mol. The van der Waals surface area contributed by atoms with E-state index in [-0.39, 0.29) is 5.82 Å². The van der Waals surface area contributed by atoms with Crippen molar-refractivity contribution in [3.8, 4) is 0 Å². The van der Waals surface area contributed by atoms with Gasteiger partial charge in [-0.25, -0.2) is 4.39 Å². The molecule has 0 unspecified atom stereocenters. The summed E-state index contributed by atoms with van der Waals surface area (Å²) in [4.78, 5) is 9.62.